The van der Waals surface area contributed by atoms with Crippen LogP contribution in [0.1, 0.15) is 17.3 Å². The SMILES string of the molecule is CCN(CC(=O)Nc1ccc(N2CCOCC2)cc1)C(=O)COc1ccc(C(N)=O)cc1. The van der Waals surface area contributed by atoms with Gasteiger partial charge in [0.2, 0.25) is 11.8 Å². The van der Waals surface area contributed by atoms with Gasteiger partial charge in [0.15, 0.2) is 6.61 Å². The van der Waals surface area contributed by atoms with E-state index < -0.39 is 5.91 Å². The second-order valence-corrected chi connectivity index (χ2v) is 7.28. The van der Waals surface area contributed by atoms with Crippen molar-refractivity contribution in [1.29, 1.82) is 0 Å². The normalized spacial score (nSPS) is 13.3. The lowest BCUT2D eigenvalue weighted by Crippen LogP contribution is -2.40. The summed E-state index contributed by atoms with van der Waals surface area (Å²) in [7, 11) is 0. The van der Waals surface area contributed by atoms with Crippen molar-refractivity contribution >= 4 is 29.1 Å². The molecule has 0 aromatic heterocycles. The molecule has 9 nitrogen and oxygen atoms in total. The van der Waals surface area contributed by atoms with E-state index in [0.717, 1.165) is 18.8 Å². The van der Waals surface area contributed by atoms with Crippen molar-refractivity contribution in [2.24, 2.45) is 5.73 Å². The van der Waals surface area contributed by atoms with Crippen molar-refractivity contribution in [2.45, 2.75) is 6.92 Å². The number of morpholine rings is 1. The summed E-state index contributed by atoms with van der Waals surface area (Å²) < 4.78 is 10.8. The van der Waals surface area contributed by atoms with E-state index in [-0.39, 0.29) is 25.0 Å². The number of likely N-dealkylation sites (N-methyl/N-ethyl adjacent to an activating group) is 1. The predicted octanol–water partition coefficient (Wildman–Crippen LogP) is 1.49. The van der Waals surface area contributed by atoms with Crippen LogP contribution in [0.3, 0.4) is 0 Å². The molecule has 0 unspecified atom stereocenters. The van der Waals surface area contributed by atoms with Gasteiger partial charge >= 0.3 is 0 Å². The Labute approximate surface area is 187 Å². The molecule has 1 aliphatic rings. The fourth-order valence-electron chi connectivity index (χ4n) is 3.28. The average molecular weight is 441 g/mol. The highest BCUT2D eigenvalue weighted by Crippen LogP contribution is 2.19. The first-order valence-corrected chi connectivity index (χ1v) is 10.5. The van der Waals surface area contributed by atoms with Crippen molar-refractivity contribution in [1.82, 2.24) is 4.90 Å². The Hall–Kier alpha value is -3.59. The highest BCUT2D eigenvalue weighted by molar-refractivity contribution is 5.95. The molecule has 1 heterocycles. The van der Waals surface area contributed by atoms with Gasteiger partial charge in [-0.05, 0) is 55.5 Å². The van der Waals surface area contributed by atoms with Gasteiger partial charge < -0.3 is 30.3 Å². The number of hydrogen-bond donors (Lipinski definition) is 2. The number of amides is 3. The smallest absolute Gasteiger partial charge is 0.260 e. The minimum absolute atomic E-state index is 0.0788. The fourth-order valence-corrected chi connectivity index (χ4v) is 3.28. The first kappa shape index (κ1) is 23.1. The zero-order valence-corrected chi connectivity index (χ0v) is 18.1. The summed E-state index contributed by atoms with van der Waals surface area (Å²) in [6.07, 6.45) is 0. The second kappa shape index (κ2) is 11.1. The first-order chi connectivity index (χ1) is 15.5. The van der Waals surface area contributed by atoms with Crippen LogP contribution in [0.4, 0.5) is 11.4 Å². The molecule has 1 aliphatic heterocycles. The highest BCUT2D eigenvalue weighted by Gasteiger charge is 2.17. The van der Waals surface area contributed by atoms with Gasteiger partial charge in [0.05, 0.1) is 19.8 Å². The molecular formula is C23H28N4O5. The Morgan fingerprint density at radius 3 is 2.31 bits per heavy atom. The Morgan fingerprint density at radius 1 is 1.06 bits per heavy atom. The maximum atomic E-state index is 12.5. The number of benzene rings is 2. The molecule has 170 valence electrons. The lowest BCUT2D eigenvalue weighted by Gasteiger charge is -2.29. The summed E-state index contributed by atoms with van der Waals surface area (Å²) in [6, 6.07) is 13.8. The topological polar surface area (TPSA) is 114 Å². The molecule has 0 atom stereocenters. The minimum atomic E-state index is -0.536. The van der Waals surface area contributed by atoms with Gasteiger partial charge in [0, 0.05) is 36.6 Å². The van der Waals surface area contributed by atoms with Gasteiger partial charge in [0.1, 0.15) is 5.75 Å². The third-order valence-corrected chi connectivity index (χ3v) is 5.10. The average Bonchev–Trinajstić information content (AvgIpc) is 2.82. The lowest BCUT2D eigenvalue weighted by molar-refractivity contribution is -0.136. The summed E-state index contributed by atoms with van der Waals surface area (Å²) >= 11 is 0. The molecule has 3 rings (SSSR count). The van der Waals surface area contributed by atoms with Gasteiger partial charge in [-0.25, -0.2) is 0 Å². The quantitative estimate of drug-likeness (QED) is 0.611. The predicted molar refractivity (Wildman–Crippen MR) is 121 cm³/mol. The van der Waals surface area contributed by atoms with Crippen LogP contribution in [0.5, 0.6) is 5.75 Å². The van der Waals surface area contributed by atoms with E-state index >= 15 is 0 Å². The third kappa shape index (κ3) is 6.45. The summed E-state index contributed by atoms with van der Waals surface area (Å²) in [6.45, 7) is 4.97. The first-order valence-electron chi connectivity index (χ1n) is 10.5. The van der Waals surface area contributed by atoms with Gasteiger partial charge in [-0.2, -0.15) is 0 Å². The molecule has 0 aliphatic carbocycles. The third-order valence-electron chi connectivity index (χ3n) is 5.10. The molecule has 0 radical (unpaired) electrons. The number of nitrogens with zero attached hydrogens (tertiary/aromatic N) is 2. The van der Waals surface area contributed by atoms with E-state index in [1.165, 1.54) is 17.0 Å². The van der Waals surface area contributed by atoms with Crippen molar-refractivity contribution in [2.75, 3.05) is 56.2 Å². The molecule has 0 saturated carbocycles. The standard InChI is InChI=1S/C23H28N4O5/c1-2-26(22(29)16-32-20-9-3-17(4-10-20)23(24)30)15-21(28)25-18-5-7-19(8-6-18)27-11-13-31-14-12-27/h3-10H,2,11-16H2,1H3,(H2,24,30)(H,25,28). The van der Waals surface area contributed by atoms with Crippen molar-refractivity contribution in [3.63, 3.8) is 0 Å². The molecule has 0 spiro atoms. The maximum absolute atomic E-state index is 12.5. The Balaban J connectivity index is 1.47. The van der Waals surface area contributed by atoms with E-state index in [4.69, 9.17) is 15.2 Å². The molecule has 2 aromatic rings. The number of carbonyl (C=O) groups is 3. The molecule has 32 heavy (non-hydrogen) atoms. The second-order valence-electron chi connectivity index (χ2n) is 7.28. The van der Waals surface area contributed by atoms with Crippen LogP contribution < -0.4 is 20.7 Å². The summed E-state index contributed by atoms with van der Waals surface area (Å²) in [5, 5.41) is 2.82. The molecule has 3 amide bonds. The van der Waals surface area contributed by atoms with Gasteiger partial charge in [-0.3, -0.25) is 14.4 Å². The van der Waals surface area contributed by atoms with Crippen LogP contribution in [0.15, 0.2) is 48.5 Å². The number of nitrogens with two attached hydrogens (primary N) is 1. The number of nitrogens with one attached hydrogen (secondary N) is 1. The van der Waals surface area contributed by atoms with Crippen LogP contribution in [0.2, 0.25) is 0 Å². The number of hydrogen-bond acceptors (Lipinski definition) is 6. The van der Waals surface area contributed by atoms with Crippen LogP contribution in [-0.2, 0) is 14.3 Å². The van der Waals surface area contributed by atoms with Gasteiger partial charge in [0.25, 0.3) is 5.91 Å². The minimum Gasteiger partial charge on any atom is -0.484 e. The van der Waals surface area contributed by atoms with Crippen LogP contribution in [0.25, 0.3) is 0 Å². The highest BCUT2D eigenvalue weighted by atomic mass is 16.5. The summed E-state index contributed by atoms with van der Waals surface area (Å²) in [5.41, 5.74) is 7.31. The Bertz CT molecular complexity index is 924. The molecule has 3 N–H and O–H groups in total. The van der Waals surface area contributed by atoms with Gasteiger partial charge in [-0.15, -0.1) is 0 Å². The number of primary amides is 1. The lowest BCUT2D eigenvalue weighted by atomic mass is 10.2. The monoisotopic (exact) mass is 440 g/mol. The molecular weight excluding hydrogens is 412 g/mol. The molecule has 1 saturated heterocycles. The Kier molecular flexibility index (Phi) is 8.04. The van der Waals surface area contributed by atoms with Crippen LogP contribution in [0, 0.1) is 0 Å². The van der Waals surface area contributed by atoms with Gasteiger partial charge in [-0.1, -0.05) is 0 Å². The zero-order chi connectivity index (χ0) is 22.9. The number of anilines is 2. The maximum Gasteiger partial charge on any atom is 0.260 e. The summed E-state index contributed by atoms with van der Waals surface area (Å²) in [5.74, 6) is -0.704. The van der Waals surface area contributed by atoms with E-state index in [2.05, 4.69) is 10.2 Å². The van der Waals surface area contributed by atoms with E-state index in [1.54, 1.807) is 19.1 Å². The van der Waals surface area contributed by atoms with Crippen molar-refractivity contribution < 1.29 is 23.9 Å². The number of carbonyl (C=O) groups excluding carboxylic acids is 3. The van der Waals surface area contributed by atoms with Crippen LogP contribution in [-0.4, -0.2) is 68.6 Å². The summed E-state index contributed by atoms with van der Waals surface area (Å²) in [4.78, 5) is 39.6. The fraction of sp³-hybridized carbons (Fsp3) is 0.348. The molecule has 9 heteroatoms. The van der Waals surface area contributed by atoms with Crippen LogP contribution >= 0.6 is 0 Å². The van der Waals surface area contributed by atoms with E-state index in [0.29, 0.717) is 36.8 Å². The van der Waals surface area contributed by atoms with Crippen molar-refractivity contribution in [3.8, 4) is 5.75 Å². The van der Waals surface area contributed by atoms with E-state index in [1.807, 2.05) is 24.3 Å². The molecule has 2 aromatic carbocycles. The molecule has 1 fully saturated rings. The van der Waals surface area contributed by atoms with Crippen molar-refractivity contribution in [3.05, 3.63) is 54.1 Å². The van der Waals surface area contributed by atoms with E-state index in [9.17, 15) is 14.4 Å². The number of rotatable bonds is 9. The number of ether oxygens (including phenoxy) is 2. The Morgan fingerprint density at radius 2 is 1.72 bits per heavy atom. The zero-order valence-electron chi connectivity index (χ0n) is 18.1. The largest absolute Gasteiger partial charge is 0.484 e. The molecule has 0 bridgehead atoms.